The lowest BCUT2D eigenvalue weighted by Gasteiger charge is -2.28. The first-order valence-corrected chi connectivity index (χ1v) is 14.6. The second-order valence-electron chi connectivity index (χ2n) is 9.55. The Labute approximate surface area is 317 Å². The summed E-state index contributed by atoms with van der Waals surface area (Å²) in [5, 5.41) is -0.874. The van der Waals surface area contributed by atoms with E-state index in [1.165, 1.54) is 0 Å². The van der Waals surface area contributed by atoms with E-state index in [9.17, 15) is 25.1 Å². The van der Waals surface area contributed by atoms with Gasteiger partial charge in [-0.15, -0.1) is 0 Å². The molecule has 48 heavy (non-hydrogen) atoms. The van der Waals surface area contributed by atoms with Gasteiger partial charge in [0, 0.05) is 51.6 Å². The first kappa shape index (κ1) is 15.3. The highest BCUT2D eigenvalue weighted by Gasteiger charge is 2.30. The summed E-state index contributed by atoms with van der Waals surface area (Å²) in [6.07, 6.45) is -12.1. The maximum atomic E-state index is 15.1. The molecule has 1 aliphatic rings. The van der Waals surface area contributed by atoms with Gasteiger partial charge in [-0.3, -0.25) is 9.59 Å². The molecule has 1 atom stereocenters. The molecule has 5 rings (SSSR count). The van der Waals surface area contributed by atoms with Gasteiger partial charge in [-0.2, -0.15) is 18.2 Å². The number of halogens is 4. The van der Waals surface area contributed by atoms with Crippen LogP contribution in [0.2, 0.25) is 0 Å². The minimum atomic E-state index is -5.46. The molecule has 0 radical (unpaired) electrons. The van der Waals surface area contributed by atoms with Crippen molar-refractivity contribution in [3.63, 3.8) is 0 Å². The number of rotatable bonds is 13. The fraction of sp³-hybridized carbons (Fsp3) is 0.378. The summed E-state index contributed by atoms with van der Waals surface area (Å²) in [6.45, 7) is -16.2. The summed E-state index contributed by atoms with van der Waals surface area (Å²) in [5.41, 5.74) is -9.91. The molecule has 0 bridgehead atoms. The summed E-state index contributed by atoms with van der Waals surface area (Å²) in [7, 11) is 0. The van der Waals surface area contributed by atoms with E-state index < -0.39 is 204 Å². The average molecular weight is 706 g/mol. The molecule has 0 N–H and O–H groups in total. The molecular formula is C37H40F4N4O2S. The van der Waals surface area contributed by atoms with Crippen LogP contribution in [0, 0.1) is 11.7 Å². The van der Waals surface area contributed by atoms with E-state index in [0.29, 0.717) is 18.4 Å². The van der Waals surface area contributed by atoms with Crippen LogP contribution in [0.3, 0.4) is 0 Å². The molecule has 0 fully saturated rings. The Kier molecular flexibility index (Phi) is 4.94. The molecule has 1 aromatic heterocycles. The van der Waals surface area contributed by atoms with Gasteiger partial charge in [-0.05, 0) is 78.1 Å². The second-order valence-corrected chi connectivity index (χ2v) is 10.5. The van der Waals surface area contributed by atoms with E-state index in [0.717, 1.165) is 6.92 Å². The monoisotopic (exact) mass is 705 g/mol. The largest absolute Gasteiger partial charge is 0.416 e. The third-order valence-corrected chi connectivity index (χ3v) is 7.25. The Morgan fingerprint density at radius 3 is 2.21 bits per heavy atom. The van der Waals surface area contributed by atoms with Crippen LogP contribution in [-0.2, 0) is 42.6 Å². The van der Waals surface area contributed by atoms with Crippen molar-refractivity contribution >= 4 is 17.7 Å². The predicted molar refractivity (Wildman–Crippen MR) is 181 cm³/mol. The van der Waals surface area contributed by atoms with Gasteiger partial charge in [0.1, 0.15) is 12.4 Å². The van der Waals surface area contributed by atoms with E-state index in [-0.39, 0.29) is 21.6 Å². The van der Waals surface area contributed by atoms with Crippen molar-refractivity contribution in [3.8, 4) is 11.1 Å². The summed E-state index contributed by atoms with van der Waals surface area (Å²) in [5.74, 6) is -7.25. The number of hydrogen-bond donors (Lipinski definition) is 0. The molecule has 4 aromatic rings. The lowest BCUT2D eigenvalue weighted by atomic mass is 10.0. The number of nitrogens with zero attached hydrogens (tertiary/aromatic N) is 4. The Bertz CT molecular complexity index is 2930. The highest BCUT2D eigenvalue weighted by molar-refractivity contribution is 7.98. The molecule has 0 aliphatic heterocycles. The van der Waals surface area contributed by atoms with E-state index >= 15 is 4.79 Å². The first-order chi connectivity index (χ1) is 32.7. The number of carbonyl (C=O) groups is 1. The number of aromatic nitrogens is 2. The van der Waals surface area contributed by atoms with E-state index in [2.05, 4.69) is 4.98 Å². The van der Waals surface area contributed by atoms with Crippen LogP contribution in [0.1, 0.15) is 83.0 Å². The number of benzene rings is 3. The molecule has 1 unspecified atom stereocenters. The average Bonchev–Trinajstić information content (AvgIpc) is 3.34. The molecule has 0 saturated carbocycles. The maximum absolute atomic E-state index is 15.1. The molecule has 1 amide bonds. The Balaban J connectivity index is 1.86. The van der Waals surface area contributed by atoms with Crippen LogP contribution >= 0.6 is 11.8 Å². The number of carbonyl (C=O) groups excluding carboxylic acids is 1. The van der Waals surface area contributed by atoms with Gasteiger partial charge >= 0.3 is 6.18 Å². The SMILES string of the molecule is [2H]c1c([2H])c(CSc2nc(=O)c3c(n2CC(=O)N(Cc2c([2H])c([2H])c(-c4c([2H])c([2H])c(C(F)(F)F)c([2H])c4[2H])c([2H])c2[2H])C([2H])([2H])C([2H])([2H])N(C([2H])([2H])C)C([2H])([2H])C)C([2H])([2H])C([2H])(C)C3([2H])[2H])c([2H])c([2H])c1F. The fourth-order valence-corrected chi connectivity index (χ4v) is 4.86. The van der Waals surface area contributed by atoms with Crippen LogP contribution in [0.4, 0.5) is 17.6 Å². The molecule has 1 aliphatic carbocycles. The molecule has 1 heterocycles. The summed E-state index contributed by atoms with van der Waals surface area (Å²) < 4.78 is 271. The van der Waals surface area contributed by atoms with Crippen molar-refractivity contribution in [2.75, 3.05) is 26.0 Å². The maximum Gasteiger partial charge on any atom is 0.416 e. The second kappa shape index (κ2) is 15.5. The zero-order chi connectivity index (χ0) is 56.5. The summed E-state index contributed by atoms with van der Waals surface area (Å²) in [4.78, 5) is 32.1. The standard InChI is InChI=1S/C37H40F4N4O2S/c1-4-43(5-2)18-19-44(22-26-6-10-28(11-7-26)29-12-14-30(15-13-29)37(39,40)41)34(46)23-45-33-21-25(3)20-32(33)35(47)42-36(45)48-24-27-8-16-31(38)17-9-27/h6-17,25H,4-5,18-24H2,1-3H3/i4D2,5D2,6D,7D,8D,9D,10D,11D,12D,13D,14D,15D,16D,17D,18D2,19D2,20D2,21D2,25D. The fourth-order valence-electron chi connectivity index (χ4n) is 3.99. The lowest BCUT2D eigenvalue weighted by molar-refractivity contribution is -0.137. The molecule has 3 aromatic carbocycles. The van der Waals surface area contributed by atoms with Crippen LogP contribution < -0.4 is 5.56 Å². The number of alkyl halides is 3. The van der Waals surface area contributed by atoms with Crippen molar-refractivity contribution in [1.29, 1.82) is 0 Å². The number of thioether (sulfide) groups is 1. The van der Waals surface area contributed by atoms with E-state index in [1.54, 1.807) is 0 Å². The van der Waals surface area contributed by atoms with Crippen molar-refractivity contribution in [2.45, 2.75) is 63.7 Å². The van der Waals surface area contributed by atoms with Gasteiger partial charge < -0.3 is 14.4 Å². The molecule has 0 saturated heterocycles. The minimum Gasteiger partial charge on any atom is -0.336 e. The number of likely N-dealkylation sites (N-methyl/N-ethyl adjacent to an activating group) is 1. The van der Waals surface area contributed by atoms with Crippen molar-refractivity contribution in [1.82, 2.24) is 19.4 Å². The number of amides is 1. The molecular weight excluding hydrogens is 640 g/mol. The van der Waals surface area contributed by atoms with Gasteiger partial charge in [-0.25, -0.2) is 4.39 Å². The highest BCUT2D eigenvalue weighted by Crippen LogP contribution is 2.32. The first-order valence-electron chi connectivity index (χ1n) is 26.1. The van der Waals surface area contributed by atoms with Gasteiger partial charge in [0.25, 0.3) is 5.56 Å². The molecule has 254 valence electrons. The summed E-state index contributed by atoms with van der Waals surface area (Å²) in [6, 6.07) is -15.9. The summed E-state index contributed by atoms with van der Waals surface area (Å²) >= 11 is 0.227. The molecule has 0 spiro atoms. The van der Waals surface area contributed by atoms with Gasteiger partial charge in [0.15, 0.2) is 5.16 Å². The smallest absolute Gasteiger partial charge is 0.336 e. The van der Waals surface area contributed by atoms with Crippen LogP contribution in [0.15, 0.2) is 82.5 Å². The van der Waals surface area contributed by atoms with Crippen molar-refractivity contribution < 1.29 is 56.6 Å². The van der Waals surface area contributed by atoms with Gasteiger partial charge in [0.05, 0.1) is 24.8 Å². The Morgan fingerprint density at radius 1 is 1.00 bits per heavy atom. The third kappa shape index (κ3) is 8.73. The third-order valence-electron chi connectivity index (χ3n) is 6.25. The normalized spacial score (nSPS) is 26.7. The van der Waals surface area contributed by atoms with Crippen LogP contribution in [0.25, 0.3) is 11.1 Å². The minimum absolute atomic E-state index is 0.227. The van der Waals surface area contributed by atoms with Gasteiger partial charge in [0.2, 0.25) is 5.91 Å². The van der Waals surface area contributed by atoms with E-state index in [4.69, 9.17) is 31.5 Å². The predicted octanol–water partition coefficient (Wildman–Crippen LogP) is 7.47. The molecule has 11 heteroatoms. The lowest BCUT2D eigenvalue weighted by Crippen LogP contribution is -2.40. The van der Waals surface area contributed by atoms with Crippen molar-refractivity contribution in [2.24, 2.45) is 5.89 Å². The number of hydrogen-bond acceptors (Lipinski definition) is 5. The van der Waals surface area contributed by atoms with Gasteiger partial charge in [-0.1, -0.05) is 80.9 Å². The molecule has 6 nitrogen and oxygen atoms in total. The van der Waals surface area contributed by atoms with Crippen LogP contribution in [-0.4, -0.2) is 51.2 Å². The van der Waals surface area contributed by atoms with E-state index in [1.807, 2.05) is 0 Å². The quantitative estimate of drug-likeness (QED) is 0.0822. The topological polar surface area (TPSA) is 58.4 Å². The Hall–Kier alpha value is -3.96. The highest BCUT2D eigenvalue weighted by atomic mass is 32.2. The zero-order valence-corrected chi connectivity index (χ0v) is 26.0. The Morgan fingerprint density at radius 2 is 1.60 bits per heavy atom. The van der Waals surface area contributed by atoms with Crippen LogP contribution in [0.5, 0.6) is 0 Å². The van der Waals surface area contributed by atoms with Crippen molar-refractivity contribution in [3.05, 3.63) is 117 Å². The number of fused-ring (bicyclic) bond motifs is 1. The zero-order valence-electron chi connectivity index (χ0n) is 50.1.